The van der Waals surface area contributed by atoms with Crippen LogP contribution < -0.4 is 5.32 Å². The Morgan fingerprint density at radius 1 is 1.59 bits per heavy atom. The molecule has 0 fully saturated rings. The third-order valence-electron chi connectivity index (χ3n) is 2.52. The fourth-order valence-electron chi connectivity index (χ4n) is 1.41. The SMILES string of the molecule is CCC(CO)NCc1ccc(Br)c([N+](=O)[O-])c1. The van der Waals surface area contributed by atoms with E-state index in [1.54, 1.807) is 6.07 Å². The van der Waals surface area contributed by atoms with Crippen LogP contribution in [0.4, 0.5) is 5.69 Å². The summed E-state index contributed by atoms with van der Waals surface area (Å²) in [5.74, 6) is 0. The van der Waals surface area contributed by atoms with Crippen molar-refractivity contribution in [3.63, 3.8) is 0 Å². The van der Waals surface area contributed by atoms with Crippen LogP contribution in [0.15, 0.2) is 22.7 Å². The summed E-state index contributed by atoms with van der Waals surface area (Å²) in [7, 11) is 0. The third-order valence-corrected chi connectivity index (χ3v) is 3.19. The van der Waals surface area contributed by atoms with E-state index in [1.165, 1.54) is 6.07 Å². The average Bonchev–Trinajstić information content (AvgIpc) is 2.32. The van der Waals surface area contributed by atoms with Crippen molar-refractivity contribution < 1.29 is 10.0 Å². The van der Waals surface area contributed by atoms with Crippen LogP contribution in [0, 0.1) is 10.1 Å². The predicted octanol–water partition coefficient (Wildman–Crippen LogP) is 2.22. The van der Waals surface area contributed by atoms with Crippen molar-refractivity contribution in [1.29, 1.82) is 0 Å². The number of nitro benzene ring substituents is 1. The molecule has 1 aromatic rings. The first kappa shape index (κ1) is 14.1. The lowest BCUT2D eigenvalue weighted by atomic mass is 10.1. The minimum atomic E-state index is -0.420. The van der Waals surface area contributed by atoms with Gasteiger partial charge in [-0.1, -0.05) is 13.0 Å². The molecule has 0 aromatic heterocycles. The van der Waals surface area contributed by atoms with Gasteiger partial charge in [0.25, 0.3) is 5.69 Å². The Balaban J connectivity index is 2.72. The van der Waals surface area contributed by atoms with Gasteiger partial charge in [0.05, 0.1) is 16.0 Å². The van der Waals surface area contributed by atoms with Gasteiger partial charge in [0.15, 0.2) is 0 Å². The van der Waals surface area contributed by atoms with Gasteiger partial charge in [0, 0.05) is 18.7 Å². The summed E-state index contributed by atoms with van der Waals surface area (Å²) in [5.41, 5.74) is 0.883. The van der Waals surface area contributed by atoms with Crippen molar-refractivity contribution in [3.05, 3.63) is 38.3 Å². The summed E-state index contributed by atoms with van der Waals surface area (Å²) in [4.78, 5) is 10.3. The number of rotatable bonds is 6. The van der Waals surface area contributed by atoms with E-state index in [2.05, 4.69) is 21.2 Å². The number of aliphatic hydroxyl groups excluding tert-OH is 1. The van der Waals surface area contributed by atoms with Gasteiger partial charge in [-0.15, -0.1) is 0 Å². The van der Waals surface area contributed by atoms with Gasteiger partial charge < -0.3 is 10.4 Å². The van der Waals surface area contributed by atoms with Gasteiger partial charge >= 0.3 is 0 Å². The maximum atomic E-state index is 10.7. The molecule has 0 aliphatic carbocycles. The molecular weight excluding hydrogens is 288 g/mol. The second-order valence-electron chi connectivity index (χ2n) is 3.71. The van der Waals surface area contributed by atoms with Crippen LogP contribution in [0.5, 0.6) is 0 Å². The van der Waals surface area contributed by atoms with Gasteiger partial charge in [-0.2, -0.15) is 0 Å². The summed E-state index contributed by atoms with van der Waals surface area (Å²) in [6.07, 6.45) is 0.815. The molecule has 17 heavy (non-hydrogen) atoms. The number of halogens is 1. The minimum absolute atomic E-state index is 0.0257. The Labute approximate surface area is 108 Å². The summed E-state index contributed by atoms with van der Waals surface area (Å²) < 4.78 is 0.473. The molecule has 6 heteroatoms. The average molecular weight is 303 g/mol. The van der Waals surface area contributed by atoms with Crippen molar-refractivity contribution >= 4 is 21.6 Å². The molecular formula is C11H15BrN2O3. The number of hydrogen-bond donors (Lipinski definition) is 2. The largest absolute Gasteiger partial charge is 0.395 e. The first-order valence-corrected chi connectivity index (χ1v) is 6.14. The van der Waals surface area contributed by atoms with Crippen molar-refractivity contribution in [2.75, 3.05) is 6.61 Å². The zero-order valence-corrected chi connectivity index (χ0v) is 11.1. The highest BCUT2D eigenvalue weighted by molar-refractivity contribution is 9.10. The van der Waals surface area contributed by atoms with Gasteiger partial charge in [-0.25, -0.2) is 0 Å². The van der Waals surface area contributed by atoms with E-state index in [9.17, 15) is 10.1 Å². The highest BCUT2D eigenvalue weighted by atomic mass is 79.9. The number of hydrogen-bond acceptors (Lipinski definition) is 4. The van der Waals surface area contributed by atoms with Crippen molar-refractivity contribution in [1.82, 2.24) is 5.32 Å². The molecule has 2 N–H and O–H groups in total. The molecule has 0 radical (unpaired) electrons. The molecule has 1 rings (SSSR count). The molecule has 1 atom stereocenters. The van der Waals surface area contributed by atoms with Gasteiger partial charge in [-0.05, 0) is 34.0 Å². The zero-order valence-electron chi connectivity index (χ0n) is 9.52. The number of nitro groups is 1. The van der Waals surface area contributed by atoms with Crippen LogP contribution in [0.25, 0.3) is 0 Å². The van der Waals surface area contributed by atoms with Crippen LogP contribution in [0.1, 0.15) is 18.9 Å². The Morgan fingerprint density at radius 3 is 2.82 bits per heavy atom. The second-order valence-corrected chi connectivity index (χ2v) is 4.57. The maximum Gasteiger partial charge on any atom is 0.283 e. The number of nitrogens with zero attached hydrogens (tertiary/aromatic N) is 1. The smallest absolute Gasteiger partial charge is 0.283 e. The summed E-state index contributed by atoms with van der Waals surface area (Å²) in [5, 5.41) is 22.9. The molecule has 0 spiro atoms. The van der Waals surface area contributed by atoms with E-state index in [0.29, 0.717) is 11.0 Å². The Morgan fingerprint density at radius 2 is 2.29 bits per heavy atom. The second kappa shape index (κ2) is 6.68. The molecule has 0 aliphatic rings. The molecule has 0 aliphatic heterocycles. The number of nitrogens with one attached hydrogen (secondary N) is 1. The maximum absolute atomic E-state index is 10.7. The van der Waals surface area contributed by atoms with Gasteiger partial charge in [0.2, 0.25) is 0 Å². The molecule has 0 heterocycles. The van der Waals surface area contributed by atoms with E-state index in [4.69, 9.17) is 5.11 Å². The van der Waals surface area contributed by atoms with E-state index >= 15 is 0 Å². The minimum Gasteiger partial charge on any atom is -0.395 e. The Hall–Kier alpha value is -0.980. The lowest BCUT2D eigenvalue weighted by Crippen LogP contribution is -2.31. The molecule has 0 amide bonds. The lowest BCUT2D eigenvalue weighted by Gasteiger charge is -2.13. The molecule has 1 unspecified atom stereocenters. The molecule has 0 saturated carbocycles. The molecule has 1 aromatic carbocycles. The van der Waals surface area contributed by atoms with Crippen LogP contribution in [0.3, 0.4) is 0 Å². The van der Waals surface area contributed by atoms with Gasteiger partial charge in [0.1, 0.15) is 0 Å². The van der Waals surface area contributed by atoms with E-state index in [0.717, 1.165) is 12.0 Å². The Kier molecular flexibility index (Phi) is 5.54. The summed E-state index contributed by atoms with van der Waals surface area (Å²) >= 11 is 3.14. The normalized spacial score (nSPS) is 12.4. The fourth-order valence-corrected chi connectivity index (χ4v) is 1.80. The first-order chi connectivity index (χ1) is 8.08. The zero-order chi connectivity index (χ0) is 12.8. The quantitative estimate of drug-likeness (QED) is 0.624. The number of aliphatic hydroxyl groups is 1. The Bertz CT molecular complexity index is 394. The highest BCUT2D eigenvalue weighted by Gasteiger charge is 2.12. The van der Waals surface area contributed by atoms with E-state index in [1.807, 2.05) is 13.0 Å². The standard InChI is InChI=1S/C11H15BrN2O3/c1-2-9(7-15)13-6-8-3-4-10(12)11(5-8)14(16)17/h3-5,9,13,15H,2,6-7H2,1H3. The monoisotopic (exact) mass is 302 g/mol. The predicted molar refractivity (Wildman–Crippen MR) is 68.8 cm³/mol. The fraction of sp³-hybridized carbons (Fsp3) is 0.455. The molecule has 0 saturated heterocycles. The number of benzene rings is 1. The topological polar surface area (TPSA) is 75.4 Å². The summed E-state index contributed by atoms with van der Waals surface area (Å²) in [6, 6.07) is 5.03. The lowest BCUT2D eigenvalue weighted by molar-refractivity contribution is -0.385. The van der Waals surface area contributed by atoms with Crippen molar-refractivity contribution in [2.45, 2.75) is 25.9 Å². The van der Waals surface area contributed by atoms with Crippen LogP contribution in [0.2, 0.25) is 0 Å². The molecule has 0 bridgehead atoms. The van der Waals surface area contributed by atoms with Crippen molar-refractivity contribution in [2.24, 2.45) is 0 Å². The van der Waals surface area contributed by atoms with Crippen LogP contribution in [-0.4, -0.2) is 22.7 Å². The third kappa shape index (κ3) is 4.07. The van der Waals surface area contributed by atoms with Crippen molar-refractivity contribution in [3.8, 4) is 0 Å². The molecule has 94 valence electrons. The van der Waals surface area contributed by atoms with Gasteiger partial charge in [-0.3, -0.25) is 10.1 Å². The summed E-state index contributed by atoms with van der Waals surface area (Å²) in [6.45, 7) is 2.54. The highest BCUT2D eigenvalue weighted by Crippen LogP contribution is 2.25. The van der Waals surface area contributed by atoms with Crippen LogP contribution >= 0.6 is 15.9 Å². The molecule has 5 nitrogen and oxygen atoms in total. The first-order valence-electron chi connectivity index (χ1n) is 5.35. The van der Waals surface area contributed by atoms with E-state index in [-0.39, 0.29) is 18.3 Å². The van der Waals surface area contributed by atoms with E-state index < -0.39 is 4.92 Å². The van der Waals surface area contributed by atoms with Crippen LogP contribution in [-0.2, 0) is 6.54 Å².